The van der Waals surface area contributed by atoms with Gasteiger partial charge in [0.05, 0.1) is 18.3 Å². The molecule has 156 valence electrons. The molecule has 4 heterocycles. The van der Waals surface area contributed by atoms with Crippen LogP contribution in [0.25, 0.3) is 17.2 Å². The molecule has 0 saturated heterocycles. The van der Waals surface area contributed by atoms with Crippen LogP contribution in [0.3, 0.4) is 0 Å². The molecule has 9 heteroatoms. The third kappa shape index (κ3) is 4.06. The first-order chi connectivity index (χ1) is 14.6. The number of hydrogen-bond donors (Lipinski definition) is 0. The normalized spacial score (nSPS) is 11.6. The predicted molar refractivity (Wildman–Crippen MR) is 109 cm³/mol. The Morgan fingerprint density at radius 3 is 2.80 bits per heavy atom. The molecule has 0 aliphatic rings. The molecule has 0 fully saturated rings. The van der Waals surface area contributed by atoms with Crippen LogP contribution in [0.2, 0.25) is 0 Å². The second-order valence-electron chi connectivity index (χ2n) is 7.29. The maximum absolute atomic E-state index is 14.2. The third-order valence-electron chi connectivity index (χ3n) is 4.67. The van der Waals surface area contributed by atoms with Gasteiger partial charge in [0.25, 0.3) is 0 Å². The number of ether oxygens (including phenoxy) is 1. The van der Waals surface area contributed by atoms with Gasteiger partial charge in [0.1, 0.15) is 18.6 Å². The monoisotopic (exact) mass is 409 g/mol. The first kappa shape index (κ1) is 20.1. The summed E-state index contributed by atoms with van der Waals surface area (Å²) in [6, 6.07) is 2.94. The fraction of sp³-hybridized carbons (Fsp3) is 0.381. The minimum atomic E-state index is -0.408. The molecule has 0 bridgehead atoms. The van der Waals surface area contributed by atoms with Crippen molar-refractivity contribution < 1.29 is 9.13 Å². The van der Waals surface area contributed by atoms with Crippen molar-refractivity contribution in [3.8, 4) is 11.5 Å². The summed E-state index contributed by atoms with van der Waals surface area (Å²) in [4.78, 5) is 17.8. The largest absolute Gasteiger partial charge is 0.371 e. The second kappa shape index (κ2) is 8.66. The lowest BCUT2D eigenvalue weighted by molar-refractivity contribution is 0.0614. The van der Waals surface area contributed by atoms with Crippen LogP contribution in [0, 0.1) is 5.82 Å². The van der Waals surface area contributed by atoms with E-state index in [1.54, 1.807) is 35.5 Å². The van der Waals surface area contributed by atoms with Gasteiger partial charge in [-0.05, 0) is 32.4 Å². The number of rotatable bonds is 8. The summed E-state index contributed by atoms with van der Waals surface area (Å²) in [6.45, 7) is 6.85. The smallest absolute Gasteiger partial charge is 0.177 e. The fourth-order valence-corrected chi connectivity index (χ4v) is 3.30. The zero-order valence-corrected chi connectivity index (χ0v) is 17.3. The number of pyridine rings is 1. The van der Waals surface area contributed by atoms with Crippen LogP contribution < -0.4 is 0 Å². The van der Waals surface area contributed by atoms with Crippen molar-refractivity contribution in [3.63, 3.8) is 0 Å². The van der Waals surface area contributed by atoms with Crippen LogP contribution in [0.4, 0.5) is 4.39 Å². The number of aromatic nitrogens is 7. The Balaban J connectivity index is 1.70. The molecule has 0 radical (unpaired) electrons. The Bertz CT molecular complexity index is 1150. The minimum absolute atomic E-state index is 0.104. The fourth-order valence-electron chi connectivity index (χ4n) is 3.30. The summed E-state index contributed by atoms with van der Waals surface area (Å²) in [7, 11) is 0. The third-order valence-corrected chi connectivity index (χ3v) is 4.67. The van der Waals surface area contributed by atoms with Crippen LogP contribution in [-0.2, 0) is 24.3 Å². The Hall–Kier alpha value is -3.20. The molecule has 0 saturated carbocycles. The number of aryl methyl sites for hydroxylation is 1. The lowest BCUT2D eigenvalue weighted by Crippen LogP contribution is -2.10. The molecule has 0 unspecified atom stereocenters. The van der Waals surface area contributed by atoms with Crippen LogP contribution in [0.1, 0.15) is 44.3 Å². The predicted octanol–water partition coefficient (Wildman–Crippen LogP) is 3.45. The van der Waals surface area contributed by atoms with E-state index < -0.39 is 5.82 Å². The van der Waals surface area contributed by atoms with E-state index in [0.717, 1.165) is 29.7 Å². The van der Waals surface area contributed by atoms with Crippen molar-refractivity contribution in [1.82, 2.24) is 34.1 Å². The molecule has 4 aromatic heterocycles. The van der Waals surface area contributed by atoms with Crippen molar-refractivity contribution in [2.24, 2.45) is 0 Å². The molecule has 0 spiro atoms. The first-order valence-corrected chi connectivity index (χ1v) is 10.0. The lowest BCUT2D eigenvalue weighted by Gasteiger charge is -2.12. The van der Waals surface area contributed by atoms with Gasteiger partial charge >= 0.3 is 0 Å². The number of hydrogen-bond acceptors (Lipinski definition) is 6. The molecule has 4 aromatic rings. The highest BCUT2D eigenvalue weighted by atomic mass is 19.1. The highest BCUT2D eigenvalue weighted by Crippen LogP contribution is 2.22. The lowest BCUT2D eigenvalue weighted by atomic mass is 10.1. The van der Waals surface area contributed by atoms with E-state index in [0.29, 0.717) is 24.8 Å². The van der Waals surface area contributed by atoms with E-state index in [1.807, 2.05) is 18.4 Å². The summed E-state index contributed by atoms with van der Waals surface area (Å²) in [5, 5.41) is 4.48. The van der Waals surface area contributed by atoms with E-state index in [9.17, 15) is 4.39 Å². The molecule has 0 amide bonds. The molecule has 0 atom stereocenters. The Morgan fingerprint density at radius 2 is 2.03 bits per heavy atom. The molecular formula is C21H24FN7O. The summed E-state index contributed by atoms with van der Waals surface area (Å²) in [5.74, 6) is 0.679. The van der Waals surface area contributed by atoms with E-state index in [4.69, 9.17) is 4.74 Å². The van der Waals surface area contributed by atoms with Crippen molar-refractivity contribution in [3.05, 3.63) is 59.9 Å². The average molecular weight is 409 g/mol. The molecule has 30 heavy (non-hydrogen) atoms. The van der Waals surface area contributed by atoms with Crippen LogP contribution in [0.5, 0.6) is 0 Å². The summed E-state index contributed by atoms with van der Waals surface area (Å²) in [5.41, 5.74) is 2.86. The van der Waals surface area contributed by atoms with E-state index >= 15 is 0 Å². The zero-order chi connectivity index (χ0) is 21.1. The van der Waals surface area contributed by atoms with Gasteiger partial charge in [0.15, 0.2) is 23.1 Å². The summed E-state index contributed by atoms with van der Waals surface area (Å²) >= 11 is 0. The maximum Gasteiger partial charge on any atom is 0.177 e. The number of halogens is 1. The van der Waals surface area contributed by atoms with Gasteiger partial charge in [0, 0.05) is 24.2 Å². The number of imidazole rings is 1. The number of nitrogens with zero attached hydrogens (tertiary/aromatic N) is 7. The summed E-state index contributed by atoms with van der Waals surface area (Å²) in [6.07, 6.45) is 8.50. The highest BCUT2D eigenvalue weighted by Gasteiger charge is 2.17. The molecular weight excluding hydrogens is 385 g/mol. The standard InChI is InChI=1S/C21H24FN7O/c1-4-6-15-17(25-13-29-20(15)26-18(27-29)12-30-14(2)3)11-28-10-9-24-21(28)19-16(22)7-5-8-23-19/h5,7-10,13-14H,4,6,11-12H2,1-3H3. The SMILES string of the molecule is CCCc1c(Cn2ccnc2-c2ncccc2F)ncn2nc(COC(C)C)nc12. The molecule has 0 aromatic carbocycles. The van der Waals surface area contributed by atoms with Crippen molar-refractivity contribution in [2.45, 2.75) is 52.9 Å². The summed E-state index contributed by atoms with van der Waals surface area (Å²) < 4.78 is 23.4. The Kier molecular flexibility index (Phi) is 5.80. The van der Waals surface area contributed by atoms with Gasteiger partial charge < -0.3 is 9.30 Å². The van der Waals surface area contributed by atoms with Crippen LogP contribution in [-0.4, -0.2) is 40.2 Å². The minimum Gasteiger partial charge on any atom is -0.371 e. The van der Waals surface area contributed by atoms with Gasteiger partial charge in [-0.25, -0.2) is 28.8 Å². The zero-order valence-electron chi connectivity index (χ0n) is 17.3. The van der Waals surface area contributed by atoms with Crippen molar-refractivity contribution in [1.29, 1.82) is 0 Å². The van der Waals surface area contributed by atoms with Gasteiger partial charge in [0.2, 0.25) is 0 Å². The molecule has 0 N–H and O–H groups in total. The molecule has 8 nitrogen and oxygen atoms in total. The molecule has 0 aliphatic heterocycles. The van der Waals surface area contributed by atoms with Gasteiger partial charge in [-0.15, -0.1) is 5.10 Å². The van der Waals surface area contributed by atoms with Crippen LogP contribution >= 0.6 is 0 Å². The topological polar surface area (TPSA) is 83.0 Å². The highest BCUT2D eigenvalue weighted by molar-refractivity contribution is 5.52. The van der Waals surface area contributed by atoms with E-state index in [-0.39, 0.29) is 11.8 Å². The Labute approximate surface area is 173 Å². The average Bonchev–Trinajstić information content (AvgIpc) is 3.35. The molecule has 0 aliphatic carbocycles. The van der Waals surface area contributed by atoms with Crippen LogP contribution in [0.15, 0.2) is 37.1 Å². The molecule has 4 rings (SSSR count). The Morgan fingerprint density at radius 1 is 1.17 bits per heavy atom. The maximum atomic E-state index is 14.2. The number of fused-ring (bicyclic) bond motifs is 1. The van der Waals surface area contributed by atoms with E-state index in [2.05, 4.69) is 32.0 Å². The van der Waals surface area contributed by atoms with Crippen molar-refractivity contribution in [2.75, 3.05) is 0 Å². The first-order valence-electron chi connectivity index (χ1n) is 10.0. The second-order valence-corrected chi connectivity index (χ2v) is 7.29. The van der Waals surface area contributed by atoms with Crippen molar-refractivity contribution >= 4 is 5.65 Å². The van der Waals surface area contributed by atoms with Gasteiger partial charge in [-0.1, -0.05) is 13.3 Å². The van der Waals surface area contributed by atoms with Gasteiger partial charge in [-0.2, -0.15) is 0 Å². The van der Waals surface area contributed by atoms with E-state index in [1.165, 1.54) is 6.07 Å². The quantitative estimate of drug-likeness (QED) is 0.443. The van der Waals surface area contributed by atoms with Gasteiger partial charge in [-0.3, -0.25) is 0 Å².